The molecule has 1 aromatic rings. The highest BCUT2D eigenvalue weighted by Gasteiger charge is 2.37. The predicted octanol–water partition coefficient (Wildman–Crippen LogP) is 3.78. The number of nitrogens with one attached hydrogen (secondary N) is 1. The van der Waals surface area contributed by atoms with Crippen molar-refractivity contribution in [1.29, 1.82) is 0 Å². The number of nitrogens with zero attached hydrogens (tertiary/aromatic N) is 2. The zero-order valence-corrected chi connectivity index (χ0v) is 20.3. The molecule has 1 saturated heterocycles. The van der Waals surface area contributed by atoms with Crippen LogP contribution in [0.1, 0.15) is 52.9 Å². The fourth-order valence-electron chi connectivity index (χ4n) is 4.86. The van der Waals surface area contributed by atoms with E-state index in [-0.39, 0.29) is 23.3 Å². The minimum absolute atomic E-state index is 0.0154. The molecule has 2 aliphatic rings. The lowest BCUT2D eigenvalue weighted by atomic mass is 9.91. The van der Waals surface area contributed by atoms with E-state index in [4.69, 9.17) is 9.47 Å². The first kappa shape index (κ1) is 24.4. The molecule has 1 aliphatic heterocycles. The van der Waals surface area contributed by atoms with Crippen LogP contribution in [-0.4, -0.2) is 68.1 Å². The summed E-state index contributed by atoms with van der Waals surface area (Å²) in [7, 11) is 3.20. The summed E-state index contributed by atoms with van der Waals surface area (Å²) in [5, 5.41) is 3.11. The van der Waals surface area contributed by atoms with Gasteiger partial charge in [0.15, 0.2) is 0 Å². The molecule has 178 valence electrons. The molecule has 1 aromatic carbocycles. The Labute approximate surface area is 192 Å². The monoisotopic (exact) mass is 445 g/mol. The molecule has 2 fully saturated rings. The molecule has 0 aromatic heterocycles. The van der Waals surface area contributed by atoms with Gasteiger partial charge in [-0.15, -0.1) is 0 Å². The van der Waals surface area contributed by atoms with Crippen molar-refractivity contribution in [1.82, 2.24) is 9.80 Å². The maximum absolute atomic E-state index is 13.5. The third-order valence-corrected chi connectivity index (χ3v) is 6.48. The quantitative estimate of drug-likeness (QED) is 0.692. The highest BCUT2D eigenvalue weighted by molar-refractivity contribution is 5.95. The lowest BCUT2D eigenvalue weighted by Crippen LogP contribution is -2.57. The summed E-state index contributed by atoms with van der Waals surface area (Å²) in [5.41, 5.74) is 0.659. The molecule has 0 spiro atoms. The number of hydrogen-bond donors (Lipinski definition) is 1. The summed E-state index contributed by atoms with van der Waals surface area (Å²) in [6, 6.07) is 5.23. The number of amides is 2. The molecule has 1 unspecified atom stereocenters. The Kier molecular flexibility index (Phi) is 8.04. The lowest BCUT2D eigenvalue weighted by Gasteiger charge is -2.41. The van der Waals surface area contributed by atoms with Crippen LogP contribution < -0.4 is 14.8 Å². The fraction of sp³-hybridized carbons (Fsp3) is 0.680. The smallest absolute Gasteiger partial charge is 0.242 e. The summed E-state index contributed by atoms with van der Waals surface area (Å²) >= 11 is 0. The van der Waals surface area contributed by atoms with E-state index < -0.39 is 0 Å². The zero-order valence-electron chi connectivity index (χ0n) is 20.3. The van der Waals surface area contributed by atoms with E-state index in [1.807, 2.05) is 17.0 Å². The minimum Gasteiger partial charge on any atom is -0.497 e. The van der Waals surface area contributed by atoms with Crippen molar-refractivity contribution in [3.63, 3.8) is 0 Å². The molecule has 3 rings (SSSR count). The average molecular weight is 446 g/mol. The van der Waals surface area contributed by atoms with Crippen LogP contribution in [0.4, 0.5) is 5.69 Å². The van der Waals surface area contributed by atoms with Gasteiger partial charge >= 0.3 is 0 Å². The maximum atomic E-state index is 13.5. The largest absolute Gasteiger partial charge is 0.497 e. The van der Waals surface area contributed by atoms with Crippen LogP contribution >= 0.6 is 0 Å². The highest BCUT2D eigenvalue weighted by atomic mass is 16.5. The van der Waals surface area contributed by atoms with E-state index in [0.717, 1.165) is 25.9 Å². The van der Waals surface area contributed by atoms with Crippen molar-refractivity contribution < 1.29 is 19.1 Å². The van der Waals surface area contributed by atoms with E-state index in [0.29, 0.717) is 42.6 Å². The van der Waals surface area contributed by atoms with Crippen molar-refractivity contribution in [2.45, 2.75) is 58.9 Å². The number of benzene rings is 1. The van der Waals surface area contributed by atoms with Gasteiger partial charge < -0.3 is 19.7 Å². The number of hydrogen-bond acceptors (Lipinski definition) is 5. The van der Waals surface area contributed by atoms with Crippen LogP contribution in [-0.2, 0) is 9.59 Å². The predicted molar refractivity (Wildman–Crippen MR) is 126 cm³/mol. The minimum atomic E-state index is -0.186. The third-order valence-electron chi connectivity index (χ3n) is 6.48. The zero-order chi connectivity index (χ0) is 23.3. The Bertz CT molecular complexity index is 769. The number of ether oxygens (including phenoxy) is 2. The molecule has 7 heteroatoms. The average Bonchev–Trinajstić information content (AvgIpc) is 3.27. The molecular weight excluding hydrogens is 406 g/mol. The molecular formula is C25H39N3O4. The van der Waals surface area contributed by atoms with Gasteiger partial charge in [-0.1, -0.05) is 33.6 Å². The van der Waals surface area contributed by atoms with Crippen molar-refractivity contribution in [2.24, 2.45) is 11.3 Å². The van der Waals surface area contributed by atoms with Crippen LogP contribution in [0.25, 0.3) is 0 Å². The fourth-order valence-corrected chi connectivity index (χ4v) is 4.86. The van der Waals surface area contributed by atoms with E-state index >= 15 is 0 Å². The molecule has 1 heterocycles. The lowest BCUT2D eigenvalue weighted by molar-refractivity contribution is -0.136. The van der Waals surface area contributed by atoms with Crippen molar-refractivity contribution >= 4 is 17.5 Å². The Hall–Kier alpha value is -2.28. The van der Waals surface area contributed by atoms with Crippen molar-refractivity contribution in [3.05, 3.63) is 18.2 Å². The van der Waals surface area contributed by atoms with Crippen LogP contribution in [0, 0.1) is 11.3 Å². The Balaban J connectivity index is 1.70. The van der Waals surface area contributed by atoms with Crippen LogP contribution in [0.5, 0.6) is 11.5 Å². The number of piperazine rings is 1. The van der Waals surface area contributed by atoms with E-state index in [9.17, 15) is 9.59 Å². The van der Waals surface area contributed by atoms with Gasteiger partial charge in [0.25, 0.3) is 0 Å². The molecule has 1 atom stereocenters. The van der Waals surface area contributed by atoms with Crippen molar-refractivity contribution in [2.75, 3.05) is 45.7 Å². The van der Waals surface area contributed by atoms with Crippen LogP contribution in [0.15, 0.2) is 18.2 Å². The Morgan fingerprint density at radius 2 is 1.56 bits per heavy atom. The van der Waals surface area contributed by atoms with Gasteiger partial charge in [0.05, 0.1) is 20.3 Å². The molecule has 2 amide bonds. The van der Waals surface area contributed by atoms with Gasteiger partial charge in [0.1, 0.15) is 11.5 Å². The molecule has 0 bridgehead atoms. The highest BCUT2D eigenvalue weighted by Crippen LogP contribution is 2.33. The van der Waals surface area contributed by atoms with Gasteiger partial charge in [-0.2, -0.15) is 0 Å². The molecule has 0 radical (unpaired) electrons. The van der Waals surface area contributed by atoms with Crippen LogP contribution in [0.2, 0.25) is 0 Å². The molecule has 32 heavy (non-hydrogen) atoms. The molecule has 7 nitrogen and oxygen atoms in total. The second-order valence-corrected chi connectivity index (χ2v) is 10.2. The van der Waals surface area contributed by atoms with Gasteiger partial charge in [0, 0.05) is 56.5 Å². The van der Waals surface area contributed by atoms with E-state index in [1.54, 1.807) is 20.3 Å². The second kappa shape index (κ2) is 10.6. The first-order chi connectivity index (χ1) is 15.2. The van der Waals surface area contributed by atoms with Gasteiger partial charge in [-0.05, 0) is 24.2 Å². The second-order valence-electron chi connectivity index (χ2n) is 10.2. The Morgan fingerprint density at radius 3 is 2.06 bits per heavy atom. The molecule has 1 saturated carbocycles. The maximum Gasteiger partial charge on any atom is 0.242 e. The summed E-state index contributed by atoms with van der Waals surface area (Å²) in [6.07, 6.45) is 5.04. The van der Waals surface area contributed by atoms with Gasteiger partial charge in [-0.25, -0.2) is 0 Å². The number of carbonyl (C=O) groups excluding carboxylic acids is 2. The first-order valence-corrected chi connectivity index (χ1v) is 11.8. The van der Waals surface area contributed by atoms with Gasteiger partial charge in [-0.3, -0.25) is 14.5 Å². The number of anilines is 1. The van der Waals surface area contributed by atoms with Crippen molar-refractivity contribution in [3.8, 4) is 11.5 Å². The number of methoxy groups -OCH3 is 2. The van der Waals surface area contributed by atoms with E-state index in [2.05, 4.69) is 31.0 Å². The summed E-state index contributed by atoms with van der Waals surface area (Å²) in [5.74, 6) is 1.86. The molecule has 1 aliphatic carbocycles. The topological polar surface area (TPSA) is 71.1 Å². The number of rotatable bonds is 7. The van der Waals surface area contributed by atoms with E-state index in [1.165, 1.54) is 12.8 Å². The number of carbonyl (C=O) groups is 2. The standard InChI is InChI=1S/C25H39N3O4/c1-25(2,3)17-22(29)27-10-12-28(13-11-27)23(18-8-6-7-9-18)24(30)26-19-14-20(31-4)16-21(15-19)32-5/h14-16,18,23H,6-13,17H2,1-5H3,(H,26,30). The summed E-state index contributed by atoms with van der Waals surface area (Å²) in [6.45, 7) is 9.09. The SMILES string of the molecule is COc1cc(NC(=O)C(C2CCCC2)N2CCN(C(=O)CC(C)(C)C)CC2)cc(OC)c1. The third kappa shape index (κ3) is 6.37. The van der Waals surface area contributed by atoms with Crippen LogP contribution in [0.3, 0.4) is 0 Å². The Morgan fingerprint density at radius 1 is 1.00 bits per heavy atom. The molecule has 1 N–H and O–H groups in total. The normalized spacial score (nSPS) is 19.0. The summed E-state index contributed by atoms with van der Waals surface area (Å²) < 4.78 is 10.7. The first-order valence-electron chi connectivity index (χ1n) is 11.8. The summed E-state index contributed by atoms with van der Waals surface area (Å²) in [4.78, 5) is 30.4. The van der Waals surface area contributed by atoms with Gasteiger partial charge in [0.2, 0.25) is 11.8 Å².